The summed E-state index contributed by atoms with van der Waals surface area (Å²) >= 11 is 0. The Bertz CT molecular complexity index is 313. The molecule has 0 aliphatic rings. The molecule has 1 rings (SSSR count). The Labute approximate surface area is 82.7 Å². The Balaban J connectivity index is 2.70. The Morgan fingerprint density at radius 1 is 1.79 bits per heavy atom. The fourth-order valence-electron chi connectivity index (χ4n) is 1.01. The van der Waals surface area contributed by atoms with E-state index in [2.05, 4.69) is 10.4 Å². The maximum absolute atomic E-state index is 11.5. The number of aliphatic hydroxyl groups is 1. The van der Waals surface area contributed by atoms with Gasteiger partial charge in [-0.25, -0.2) is 0 Å². The lowest BCUT2D eigenvalue weighted by molar-refractivity contribution is 0.0916. The van der Waals surface area contributed by atoms with Gasteiger partial charge in [-0.2, -0.15) is 5.10 Å². The summed E-state index contributed by atoms with van der Waals surface area (Å²) in [5.41, 5.74) is 1.30. The minimum Gasteiger partial charge on any atom is -0.394 e. The minimum atomic E-state index is -0.254. The lowest BCUT2D eigenvalue weighted by atomic mass is 10.3. The number of amides is 1. The van der Waals surface area contributed by atoms with Crippen molar-refractivity contribution in [2.24, 2.45) is 7.05 Å². The van der Waals surface area contributed by atoms with E-state index < -0.39 is 0 Å². The lowest BCUT2D eigenvalue weighted by Gasteiger charge is -2.08. The van der Waals surface area contributed by atoms with Crippen molar-refractivity contribution in [3.8, 4) is 0 Å². The van der Waals surface area contributed by atoms with Gasteiger partial charge in [-0.15, -0.1) is 0 Å². The Morgan fingerprint density at radius 2 is 2.43 bits per heavy atom. The molecule has 0 saturated heterocycles. The van der Waals surface area contributed by atoms with Crippen LogP contribution in [0.15, 0.2) is 6.07 Å². The molecule has 0 aromatic carbocycles. The molecule has 5 heteroatoms. The minimum absolute atomic E-state index is 0.0719. The molecule has 0 radical (unpaired) electrons. The third kappa shape index (κ3) is 2.32. The Hall–Kier alpha value is -1.36. The number of aliphatic hydroxyl groups excluding tert-OH is 1. The first-order valence-corrected chi connectivity index (χ1v) is 4.47. The van der Waals surface area contributed by atoms with Gasteiger partial charge in [0.1, 0.15) is 5.69 Å². The molecule has 14 heavy (non-hydrogen) atoms. The number of aromatic nitrogens is 2. The van der Waals surface area contributed by atoms with Crippen molar-refractivity contribution in [2.45, 2.75) is 19.9 Å². The maximum atomic E-state index is 11.5. The number of aryl methyl sites for hydroxylation is 2. The molecule has 0 saturated carbocycles. The molecule has 0 spiro atoms. The maximum Gasteiger partial charge on any atom is 0.272 e. The van der Waals surface area contributed by atoms with Gasteiger partial charge >= 0.3 is 0 Å². The first-order valence-electron chi connectivity index (χ1n) is 4.47. The lowest BCUT2D eigenvalue weighted by Crippen LogP contribution is -2.35. The Kier molecular flexibility index (Phi) is 3.24. The zero-order valence-electron chi connectivity index (χ0n) is 8.61. The molecule has 0 bridgehead atoms. The van der Waals surface area contributed by atoms with Gasteiger partial charge in [0.15, 0.2) is 0 Å². The van der Waals surface area contributed by atoms with Crippen LogP contribution in [0.5, 0.6) is 0 Å². The molecule has 0 fully saturated rings. The highest BCUT2D eigenvalue weighted by molar-refractivity contribution is 5.92. The summed E-state index contributed by atoms with van der Waals surface area (Å²) in [5.74, 6) is -0.254. The number of rotatable bonds is 3. The summed E-state index contributed by atoms with van der Waals surface area (Å²) in [7, 11) is 1.78. The van der Waals surface area contributed by atoms with Gasteiger partial charge < -0.3 is 10.4 Å². The summed E-state index contributed by atoms with van der Waals surface area (Å²) < 4.78 is 1.64. The van der Waals surface area contributed by atoms with Crippen molar-refractivity contribution in [3.63, 3.8) is 0 Å². The molecule has 0 aliphatic carbocycles. The van der Waals surface area contributed by atoms with Crippen molar-refractivity contribution in [2.75, 3.05) is 6.61 Å². The second-order valence-electron chi connectivity index (χ2n) is 3.35. The zero-order chi connectivity index (χ0) is 10.7. The number of nitrogens with zero attached hydrogens (tertiary/aromatic N) is 2. The third-order valence-electron chi connectivity index (χ3n) is 2.00. The molecular weight excluding hydrogens is 182 g/mol. The summed E-state index contributed by atoms with van der Waals surface area (Å²) in [6.07, 6.45) is 0. The van der Waals surface area contributed by atoms with Crippen LogP contribution in [0, 0.1) is 6.92 Å². The van der Waals surface area contributed by atoms with Gasteiger partial charge in [-0.05, 0) is 19.9 Å². The number of hydrogen-bond acceptors (Lipinski definition) is 3. The normalized spacial score (nSPS) is 12.6. The molecule has 1 aromatic heterocycles. The summed E-state index contributed by atoms with van der Waals surface area (Å²) in [5, 5.41) is 15.4. The van der Waals surface area contributed by atoms with Gasteiger partial charge in [0, 0.05) is 18.8 Å². The predicted octanol–water partition coefficient (Wildman–Crippen LogP) is -0.161. The second kappa shape index (κ2) is 4.23. The number of carbonyl (C=O) groups excluding carboxylic acids is 1. The van der Waals surface area contributed by atoms with Crippen molar-refractivity contribution in [3.05, 3.63) is 17.5 Å². The zero-order valence-corrected chi connectivity index (χ0v) is 8.61. The van der Waals surface area contributed by atoms with Crippen LogP contribution in [-0.4, -0.2) is 33.4 Å². The van der Waals surface area contributed by atoms with Crippen LogP contribution < -0.4 is 5.32 Å². The van der Waals surface area contributed by atoms with Crippen molar-refractivity contribution in [1.29, 1.82) is 0 Å². The average Bonchev–Trinajstić information content (AvgIpc) is 2.47. The van der Waals surface area contributed by atoms with Gasteiger partial charge in [-0.3, -0.25) is 9.48 Å². The molecule has 1 atom stereocenters. The van der Waals surface area contributed by atoms with Crippen molar-refractivity contribution in [1.82, 2.24) is 15.1 Å². The van der Waals surface area contributed by atoms with E-state index in [4.69, 9.17) is 5.11 Å². The van der Waals surface area contributed by atoms with Gasteiger partial charge in [-0.1, -0.05) is 0 Å². The van der Waals surface area contributed by atoms with E-state index in [-0.39, 0.29) is 18.6 Å². The average molecular weight is 197 g/mol. The molecule has 1 amide bonds. The monoisotopic (exact) mass is 197 g/mol. The molecular formula is C9H15N3O2. The summed E-state index contributed by atoms with van der Waals surface area (Å²) in [6.45, 7) is 3.53. The van der Waals surface area contributed by atoms with E-state index in [0.29, 0.717) is 5.69 Å². The molecule has 78 valence electrons. The highest BCUT2D eigenvalue weighted by Gasteiger charge is 2.12. The third-order valence-corrected chi connectivity index (χ3v) is 2.00. The highest BCUT2D eigenvalue weighted by atomic mass is 16.3. The van der Waals surface area contributed by atoms with E-state index in [1.54, 1.807) is 24.7 Å². The van der Waals surface area contributed by atoms with E-state index in [0.717, 1.165) is 5.69 Å². The molecule has 2 N–H and O–H groups in total. The summed E-state index contributed by atoms with van der Waals surface area (Å²) in [4.78, 5) is 11.5. The number of hydrogen-bond donors (Lipinski definition) is 2. The standard InChI is InChI=1S/C9H15N3O2/c1-6(5-13)10-9(14)8-4-7(2)12(3)11-8/h4,6,13H,5H2,1-3H3,(H,10,14). The van der Waals surface area contributed by atoms with E-state index in [1.165, 1.54) is 0 Å². The van der Waals surface area contributed by atoms with Crippen LogP contribution in [0.1, 0.15) is 23.1 Å². The molecule has 1 unspecified atom stereocenters. The first-order chi connectivity index (χ1) is 6.54. The first kappa shape index (κ1) is 10.7. The van der Waals surface area contributed by atoms with E-state index in [1.807, 2.05) is 6.92 Å². The number of nitrogens with one attached hydrogen (secondary N) is 1. The number of carbonyl (C=O) groups is 1. The molecule has 1 heterocycles. The quantitative estimate of drug-likeness (QED) is 0.707. The smallest absolute Gasteiger partial charge is 0.272 e. The second-order valence-corrected chi connectivity index (χ2v) is 3.35. The largest absolute Gasteiger partial charge is 0.394 e. The summed E-state index contributed by atoms with van der Waals surface area (Å²) in [6, 6.07) is 1.46. The van der Waals surface area contributed by atoms with Crippen LogP contribution in [0.25, 0.3) is 0 Å². The van der Waals surface area contributed by atoms with Crippen LogP contribution in [0.3, 0.4) is 0 Å². The Morgan fingerprint density at radius 3 is 2.86 bits per heavy atom. The van der Waals surface area contributed by atoms with Crippen LogP contribution in [0.2, 0.25) is 0 Å². The molecule has 0 aliphatic heterocycles. The predicted molar refractivity (Wildman–Crippen MR) is 52.0 cm³/mol. The van der Waals surface area contributed by atoms with Crippen molar-refractivity contribution < 1.29 is 9.90 Å². The SMILES string of the molecule is Cc1cc(C(=O)NC(C)CO)nn1C. The van der Waals surface area contributed by atoms with Crippen molar-refractivity contribution >= 4 is 5.91 Å². The molecule has 5 nitrogen and oxygen atoms in total. The van der Waals surface area contributed by atoms with Crippen LogP contribution in [0.4, 0.5) is 0 Å². The fourth-order valence-corrected chi connectivity index (χ4v) is 1.01. The van der Waals surface area contributed by atoms with Gasteiger partial charge in [0.2, 0.25) is 0 Å². The van der Waals surface area contributed by atoms with E-state index in [9.17, 15) is 4.79 Å². The molecule has 1 aromatic rings. The van der Waals surface area contributed by atoms with Crippen LogP contribution in [-0.2, 0) is 7.05 Å². The topological polar surface area (TPSA) is 67.2 Å². The van der Waals surface area contributed by atoms with Crippen LogP contribution >= 0.6 is 0 Å². The van der Waals surface area contributed by atoms with E-state index >= 15 is 0 Å². The van der Waals surface area contributed by atoms with Gasteiger partial charge in [0.25, 0.3) is 5.91 Å². The van der Waals surface area contributed by atoms with Gasteiger partial charge in [0.05, 0.1) is 6.61 Å². The fraction of sp³-hybridized carbons (Fsp3) is 0.556. The highest BCUT2D eigenvalue weighted by Crippen LogP contribution is 2.01.